The van der Waals surface area contributed by atoms with Crippen molar-refractivity contribution in [2.75, 3.05) is 13.2 Å². The fraction of sp³-hybridized carbons (Fsp3) is 0.571. The third kappa shape index (κ3) is 3.18. The maximum Gasteiger partial charge on any atom is 0.200 e. The van der Waals surface area contributed by atoms with Gasteiger partial charge in [-0.25, -0.2) is 22.0 Å². The molecule has 1 aromatic carbocycles. The van der Waals surface area contributed by atoms with Crippen LogP contribution in [0, 0.1) is 29.1 Å². The number of nitrogens with zero attached hydrogens (tertiary/aromatic N) is 1. The molecule has 118 valence electrons. The van der Waals surface area contributed by atoms with Crippen molar-refractivity contribution in [1.29, 1.82) is 0 Å². The van der Waals surface area contributed by atoms with E-state index in [4.69, 9.17) is 0 Å². The maximum atomic E-state index is 13.7. The molecule has 0 aliphatic carbocycles. The summed E-state index contributed by atoms with van der Waals surface area (Å²) in [5.41, 5.74) is -0.841. The van der Waals surface area contributed by atoms with Gasteiger partial charge in [-0.15, -0.1) is 0 Å². The highest BCUT2D eigenvalue weighted by Crippen LogP contribution is 2.26. The van der Waals surface area contributed by atoms with Gasteiger partial charge in [-0.1, -0.05) is 12.8 Å². The highest BCUT2D eigenvalue weighted by Gasteiger charge is 2.29. The van der Waals surface area contributed by atoms with Crippen LogP contribution in [0.5, 0.6) is 0 Å². The molecule has 0 radical (unpaired) electrons. The van der Waals surface area contributed by atoms with Crippen molar-refractivity contribution in [1.82, 2.24) is 4.90 Å². The van der Waals surface area contributed by atoms with Crippen LogP contribution in [0.2, 0.25) is 0 Å². The van der Waals surface area contributed by atoms with Crippen molar-refractivity contribution in [3.8, 4) is 0 Å². The summed E-state index contributed by atoms with van der Waals surface area (Å²) in [6.45, 7) is -0.170. The fourth-order valence-corrected chi connectivity index (χ4v) is 2.64. The van der Waals surface area contributed by atoms with Crippen LogP contribution in [0.3, 0.4) is 0 Å². The molecule has 7 heteroatoms. The van der Waals surface area contributed by atoms with E-state index in [1.807, 2.05) is 0 Å². The summed E-state index contributed by atoms with van der Waals surface area (Å²) in [7, 11) is 0. The number of likely N-dealkylation sites (tertiary alicyclic amines) is 1. The zero-order chi connectivity index (χ0) is 15.6. The molecular formula is C14H16F5NO. The Morgan fingerprint density at radius 3 is 2.00 bits per heavy atom. The topological polar surface area (TPSA) is 23.5 Å². The summed E-state index contributed by atoms with van der Waals surface area (Å²) in [4.78, 5) is 1.57. The Morgan fingerprint density at radius 2 is 1.43 bits per heavy atom. The Bertz CT molecular complexity index is 494. The molecule has 1 heterocycles. The van der Waals surface area contributed by atoms with E-state index in [2.05, 4.69) is 0 Å². The van der Waals surface area contributed by atoms with Gasteiger partial charge < -0.3 is 5.11 Å². The van der Waals surface area contributed by atoms with E-state index in [1.165, 1.54) is 0 Å². The summed E-state index contributed by atoms with van der Waals surface area (Å²) < 4.78 is 66.7. The van der Waals surface area contributed by atoms with E-state index in [0.717, 1.165) is 19.3 Å². The van der Waals surface area contributed by atoms with Crippen LogP contribution in [0.15, 0.2) is 0 Å². The maximum absolute atomic E-state index is 13.7. The Hall–Kier alpha value is -1.21. The monoisotopic (exact) mass is 309 g/mol. The molecule has 1 aromatic rings. The second-order valence-electron chi connectivity index (χ2n) is 5.20. The van der Waals surface area contributed by atoms with Crippen LogP contribution in [0.1, 0.15) is 31.2 Å². The van der Waals surface area contributed by atoms with Gasteiger partial charge in [0.25, 0.3) is 0 Å². The quantitative estimate of drug-likeness (QED) is 0.527. The molecule has 0 amide bonds. The van der Waals surface area contributed by atoms with Gasteiger partial charge in [0.1, 0.15) is 0 Å². The smallest absolute Gasteiger partial charge is 0.200 e. The average Bonchev–Trinajstić information content (AvgIpc) is 2.72. The van der Waals surface area contributed by atoms with E-state index in [0.29, 0.717) is 13.0 Å². The lowest BCUT2D eigenvalue weighted by molar-refractivity contribution is 0.115. The van der Waals surface area contributed by atoms with Crippen LogP contribution in [-0.2, 0) is 6.54 Å². The molecular weight excluding hydrogens is 293 g/mol. The van der Waals surface area contributed by atoms with Crippen LogP contribution in [-0.4, -0.2) is 29.2 Å². The third-order valence-corrected chi connectivity index (χ3v) is 3.87. The molecule has 1 aliphatic rings. The highest BCUT2D eigenvalue weighted by molar-refractivity contribution is 5.24. The van der Waals surface area contributed by atoms with Crippen LogP contribution < -0.4 is 0 Å². The minimum absolute atomic E-state index is 0.213. The predicted octanol–water partition coefficient (Wildman–Crippen LogP) is 3.12. The summed E-state index contributed by atoms with van der Waals surface area (Å²) in [6.07, 6.45) is 3.15. The first-order chi connectivity index (χ1) is 9.97. The largest absolute Gasteiger partial charge is 0.395 e. The van der Waals surface area contributed by atoms with Gasteiger partial charge in [-0.05, 0) is 19.4 Å². The minimum atomic E-state index is -2.15. The lowest BCUT2D eigenvalue weighted by Gasteiger charge is -2.28. The SMILES string of the molecule is OCC1CCCCCN1Cc1c(F)c(F)c(F)c(F)c1F. The molecule has 1 atom stereocenters. The van der Waals surface area contributed by atoms with Gasteiger partial charge in [-0.3, -0.25) is 4.90 Å². The number of hydrogen-bond acceptors (Lipinski definition) is 2. The zero-order valence-electron chi connectivity index (χ0n) is 11.3. The normalized spacial score (nSPS) is 20.6. The summed E-state index contributed by atoms with van der Waals surface area (Å²) >= 11 is 0. The minimum Gasteiger partial charge on any atom is -0.395 e. The molecule has 0 aromatic heterocycles. The molecule has 1 unspecified atom stereocenters. The van der Waals surface area contributed by atoms with Gasteiger partial charge in [0.2, 0.25) is 5.82 Å². The summed E-state index contributed by atoms with van der Waals surface area (Å²) in [5.74, 6) is -9.61. The zero-order valence-corrected chi connectivity index (χ0v) is 11.3. The second-order valence-corrected chi connectivity index (χ2v) is 5.20. The summed E-state index contributed by atoms with van der Waals surface area (Å²) in [6, 6.07) is -0.331. The lowest BCUT2D eigenvalue weighted by atomic mass is 10.1. The van der Waals surface area contributed by atoms with E-state index in [9.17, 15) is 27.1 Å². The number of benzene rings is 1. The van der Waals surface area contributed by atoms with Crippen molar-refractivity contribution in [2.45, 2.75) is 38.3 Å². The van der Waals surface area contributed by atoms with Crippen LogP contribution >= 0.6 is 0 Å². The van der Waals surface area contributed by atoms with Crippen LogP contribution in [0.25, 0.3) is 0 Å². The van der Waals surface area contributed by atoms with Gasteiger partial charge in [-0.2, -0.15) is 0 Å². The Labute approximate surface area is 119 Å². The van der Waals surface area contributed by atoms with Gasteiger partial charge >= 0.3 is 0 Å². The number of aliphatic hydroxyl groups is 1. The summed E-state index contributed by atoms with van der Waals surface area (Å²) in [5, 5.41) is 9.32. The molecule has 1 saturated heterocycles. The number of halogens is 5. The highest BCUT2D eigenvalue weighted by atomic mass is 19.2. The van der Waals surface area contributed by atoms with Crippen LogP contribution in [0.4, 0.5) is 22.0 Å². The molecule has 0 bridgehead atoms. The first-order valence-electron chi connectivity index (χ1n) is 6.82. The standard InChI is InChI=1S/C14H16F5NO/c15-10-9(11(16)13(18)14(19)12(10)17)6-20-5-3-1-2-4-8(20)7-21/h8,21H,1-7H2. The lowest BCUT2D eigenvalue weighted by Crippen LogP contribution is -2.37. The van der Waals surface area contributed by atoms with Crippen molar-refractivity contribution < 1.29 is 27.1 Å². The molecule has 2 rings (SSSR count). The molecule has 1 aliphatic heterocycles. The van der Waals surface area contributed by atoms with Crippen molar-refractivity contribution in [2.24, 2.45) is 0 Å². The molecule has 2 nitrogen and oxygen atoms in total. The molecule has 1 fully saturated rings. The van der Waals surface area contributed by atoms with Crippen molar-refractivity contribution in [3.05, 3.63) is 34.6 Å². The molecule has 0 saturated carbocycles. The number of aliphatic hydroxyl groups excluding tert-OH is 1. The van der Waals surface area contributed by atoms with Gasteiger partial charge in [0, 0.05) is 18.2 Å². The van der Waals surface area contributed by atoms with Gasteiger partial charge in [0.05, 0.1) is 6.61 Å². The molecule has 21 heavy (non-hydrogen) atoms. The first kappa shape index (κ1) is 16.2. The number of hydrogen-bond donors (Lipinski definition) is 1. The average molecular weight is 309 g/mol. The second kappa shape index (κ2) is 6.70. The molecule has 0 spiro atoms. The fourth-order valence-electron chi connectivity index (χ4n) is 2.64. The Morgan fingerprint density at radius 1 is 0.857 bits per heavy atom. The van der Waals surface area contributed by atoms with E-state index >= 15 is 0 Å². The third-order valence-electron chi connectivity index (χ3n) is 3.87. The molecule has 1 N–H and O–H groups in total. The van der Waals surface area contributed by atoms with E-state index in [1.54, 1.807) is 4.90 Å². The Kier molecular flexibility index (Phi) is 5.16. The Balaban J connectivity index is 2.34. The van der Waals surface area contributed by atoms with Gasteiger partial charge in [0.15, 0.2) is 23.3 Å². The first-order valence-corrected chi connectivity index (χ1v) is 6.82. The predicted molar refractivity (Wildman–Crippen MR) is 66.0 cm³/mol. The van der Waals surface area contributed by atoms with E-state index < -0.39 is 41.2 Å². The van der Waals surface area contributed by atoms with E-state index in [-0.39, 0.29) is 12.6 Å². The van der Waals surface area contributed by atoms with Crippen molar-refractivity contribution in [3.63, 3.8) is 0 Å². The number of rotatable bonds is 3. The van der Waals surface area contributed by atoms with Crippen molar-refractivity contribution >= 4 is 0 Å².